The number of carbonyl (C=O) groups excluding carboxylic acids is 1. The van der Waals surface area contributed by atoms with Crippen LogP contribution in [0.4, 0.5) is 5.00 Å². The molecule has 0 unspecified atom stereocenters. The average Bonchev–Trinajstić information content (AvgIpc) is 3.20. The number of aromatic nitrogens is 3. The van der Waals surface area contributed by atoms with Crippen LogP contribution in [0, 0.1) is 11.3 Å². The molecule has 0 bridgehead atoms. The second-order valence-electron chi connectivity index (χ2n) is 7.66. The molecule has 0 saturated carbocycles. The summed E-state index contributed by atoms with van der Waals surface area (Å²) in [5.74, 6) is 1.02. The van der Waals surface area contributed by atoms with Gasteiger partial charge in [0.15, 0.2) is 5.16 Å². The van der Waals surface area contributed by atoms with Gasteiger partial charge in [0.1, 0.15) is 16.9 Å². The third-order valence-corrected chi connectivity index (χ3v) is 7.75. The molecule has 1 aliphatic rings. The lowest BCUT2D eigenvalue weighted by Crippen LogP contribution is -2.14. The van der Waals surface area contributed by atoms with E-state index in [-0.39, 0.29) is 11.7 Å². The first-order valence-electron chi connectivity index (χ1n) is 10.5. The van der Waals surface area contributed by atoms with Gasteiger partial charge in [0, 0.05) is 18.3 Å². The number of thiophene rings is 1. The SMILES string of the molecule is Cn1c(CCc2ccccc2)nnc1SCC(=O)Nc1sc2c(c1C#N)CCCCC2. The third kappa shape index (κ3) is 5.17. The van der Waals surface area contributed by atoms with E-state index in [2.05, 4.69) is 33.7 Å². The minimum Gasteiger partial charge on any atom is -0.316 e. The summed E-state index contributed by atoms with van der Waals surface area (Å²) in [5, 5.41) is 22.5. The maximum absolute atomic E-state index is 12.6. The molecular formula is C23H25N5OS2. The summed E-state index contributed by atoms with van der Waals surface area (Å²) >= 11 is 2.93. The largest absolute Gasteiger partial charge is 0.316 e. The van der Waals surface area contributed by atoms with E-state index in [0.29, 0.717) is 10.6 Å². The first-order chi connectivity index (χ1) is 15.2. The van der Waals surface area contributed by atoms with E-state index < -0.39 is 0 Å². The summed E-state index contributed by atoms with van der Waals surface area (Å²) in [4.78, 5) is 13.8. The van der Waals surface area contributed by atoms with Crippen LogP contribution in [0.1, 0.15) is 46.7 Å². The van der Waals surface area contributed by atoms with Crippen molar-refractivity contribution in [3.63, 3.8) is 0 Å². The molecular weight excluding hydrogens is 426 g/mol. The van der Waals surface area contributed by atoms with Gasteiger partial charge in [-0.25, -0.2) is 0 Å². The van der Waals surface area contributed by atoms with Crippen molar-refractivity contribution in [3.05, 3.63) is 57.7 Å². The highest BCUT2D eigenvalue weighted by atomic mass is 32.2. The van der Waals surface area contributed by atoms with Crippen molar-refractivity contribution in [3.8, 4) is 6.07 Å². The molecule has 1 aromatic carbocycles. The molecule has 6 nitrogen and oxygen atoms in total. The molecule has 0 radical (unpaired) electrons. The third-order valence-electron chi connectivity index (χ3n) is 5.52. The van der Waals surface area contributed by atoms with Crippen LogP contribution in [0.5, 0.6) is 0 Å². The van der Waals surface area contributed by atoms with Crippen molar-refractivity contribution in [1.82, 2.24) is 14.8 Å². The van der Waals surface area contributed by atoms with Crippen LogP contribution < -0.4 is 5.32 Å². The number of fused-ring (bicyclic) bond motifs is 1. The number of nitrogens with one attached hydrogen (secondary N) is 1. The Bertz CT molecular complexity index is 1100. The minimum absolute atomic E-state index is 0.119. The summed E-state index contributed by atoms with van der Waals surface area (Å²) in [5.41, 5.74) is 3.06. The Morgan fingerprint density at radius 1 is 1.19 bits per heavy atom. The number of thioether (sulfide) groups is 1. The molecule has 0 spiro atoms. The van der Waals surface area contributed by atoms with E-state index in [1.807, 2.05) is 29.8 Å². The Morgan fingerprint density at radius 3 is 2.81 bits per heavy atom. The second kappa shape index (κ2) is 10.1. The Kier molecular flexibility index (Phi) is 7.05. The van der Waals surface area contributed by atoms with Gasteiger partial charge in [-0.1, -0.05) is 48.5 Å². The van der Waals surface area contributed by atoms with Crippen LogP contribution in [0.15, 0.2) is 35.5 Å². The lowest BCUT2D eigenvalue weighted by molar-refractivity contribution is -0.113. The van der Waals surface area contributed by atoms with Crippen LogP contribution in [-0.2, 0) is 37.5 Å². The van der Waals surface area contributed by atoms with Gasteiger partial charge in [0.2, 0.25) is 5.91 Å². The van der Waals surface area contributed by atoms with Crippen molar-refractivity contribution < 1.29 is 4.79 Å². The molecule has 2 aromatic heterocycles. The van der Waals surface area contributed by atoms with E-state index >= 15 is 0 Å². The number of benzene rings is 1. The minimum atomic E-state index is -0.119. The molecule has 0 saturated heterocycles. The van der Waals surface area contributed by atoms with Gasteiger partial charge in [-0.05, 0) is 43.2 Å². The zero-order valence-corrected chi connectivity index (χ0v) is 19.2. The zero-order valence-electron chi connectivity index (χ0n) is 17.6. The van der Waals surface area contributed by atoms with E-state index in [9.17, 15) is 10.1 Å². The lowest BCUT2D eigenvalue weighted by atomic mass is 10.1. The summed E-state index contributed by atoms with van der Waals surface area (Å²) in [6, 6.07) is 12.6. The Balaban J connectivity index is 1.34. The van der Waals surface area contributed by atoms with E-state index in [4.69, 9.17) is 0 Å². The second-order valence-corrected chi connectivity index (χ2v) is 9.71. The Hall–Kier alpha value is -2.63. The number of nitriles is 1. The van der Waals surface area contributed by atoms with E-state index in [0.717, 1.165) is 55.1 Å². The molecule has 8 heteroatoms. The summed E-state index contributed by atoms with van der Waals surface area (Å²) in [7, 11) is 1.94. The highest BCUT2D eigenvalue weighted by Gasteiger charge is 2.21. The highest BCUT2D eigenvalue weighted by molar-refractivity contribution is 7.99. The van der Waals surface area contributed by atoms with Crippen LogP contribution in [0.25, 0.3) is 0 Å². The number of carbonyl (C=O) groups is 1. The molecule has 160 valence electrons. The molecule has 1 N–H and O–H groups in total. The summed E-state index contributed by atoms with van der Waals surface area (Å²) < 4.78 is 1.95. The number of nitrogens with zero attached hydrogens (tertiary/aromatic N) is 4. The maximum atomic E-state index is 12.6. The topological polar surface area (TPSA) is 83.6 Å². The smallest absolute Gasteiger partial charge is 0.235 e. The maximum Gasteiger partial charge on any atom is 0.235 e. The van der Waals surface area contributed by atoms with E-state index in [1.54, 1.807) is 11.3 Å². The van der Waals surface area contributed by atoms with Crippen LogP contribution in [0.3, 0.4) is 0 Å². The van der Waals surface area contributed by atoms with Gasteiger partial charge in [0.05, 0.1) is 11.3 Å². The number of aryl methyl sites for hydroxylation is 3. The van der Waals surface area contributed by atoms with E-state index in [1.165, 1.54) is 28.6 Å². The molecule has 1 amide bonds. The van der Waals surface area contributed by atoms with Crippen molar-refractivity contribution in [2.75, 3.05) is 11.1 Å². The first kappa shape index (κ1) is 21.6. The number of rotatable bonds is 7. The van der Waals surface area contributed by atoms with Gasteiger partial charge in [-0.3, -0.25) is 4.79 Å². The fraction of sp³-hybridized carbons (Fsp3) is 0.391. The monoisotopic (exact) mass is 451 g/mol. The number of hydrogen-bond donors (Lipinski definition) is 1. The molecule has 3 aromatic rings. The van der Waals surface area contributed by atoms with Crippen LogP contribution in [0.2, 0.25) is 0 Å². The average molecular weight is 452 g/mol. The van der Waals surface area contributed by atoms with Gasteiger partial charge >= 0.3 is 0 Å². The molecule has 4 rings (SSSR count). The standard InChI is InChI=1S/C23H25N5OS2/c1-28-20(13-12-16-8-4-2-5-9-16)26-27-23(28)30-15-21(29)25-22-18(14-24)17-10-6-3-7-11-19(17)31-22/h2,4-5,8-9H,3,6-7,10-13,15H2,1H3,(H,25,29). The van der Waals surface area contributed by atoms with Crippen molar-refractivity contribution >= 4 is 34.0 Å². The van der Waals surface area contributed by atoms with Gasteiger partial charge < -0.3 is 9.88 Å². The molecule has 31 heavy (non-hydrogen) atoms. The molecule has 0 aliphatic heterocycles. The lowest BCUT2D eigenvalue weighted by Gasteiger charge is -2.05. The molecule has 2 heterocycles. The number of anilines is 1. The van der Waals surface area contributed by atoms with Crippen molar-refractivity contribution in [2.45, 2.75) is 50.1 Å². The first-order valence-corrected chi connectivity index (χ1v) is 12.4. The predicted molar refractivity (Wildman–Crippen MR) is 124 cm³/mol. The van der Waals surface area contributed by atoms with Gasteiger partial charge in [-0.15, -0.1) is 21.5 Å². The summed E-state index contributed by atoms with van der Waals surface area (Å²) in [6.45, 7) is 0. The molecule has 1 aliphatic carbocycles. The number of amides is 1. The fourth-order valence-corrected chi connectivity index (χ4v) is 5.82. The van der Waals surface area contributed by atoms with Gasteiger partial charge in [-0.2, -0.15) is 5.26 Å². The zero-order chi connectivity index (χ0) is 21.6. The molecule has 0 atom stereocenters. The normalized spacial score (nSPS) is 13.3. The predicted octanol–water partition coefficient (Wildman–Crippen LogP) is 4.53. The molecule has 0 fully saturated rings. The quantitative estimate of drug-likeness (QED) is 0.421. The van der Waals surface area contributed by atoms with Crippen molar-refractivity contribution in [2.24, 2.45) is 7.05 Å². The number of hydrogen-bond acceptors (Lipinski definition) is 6. The summed E-state index contributed by atoms with van der Waals surface area (Å²) in [6.07, 6.45) is 7.11. The Labute approximate surface area is 190 Å². The Morgan fingerprint density at radius 2 is 2.00 bits per heavy atom. The van der Waals surface area contributed by atoms with Crippen molar-refractivity contribution in [1.29, 1.82) is 5.26 Å². The highest BCUT2D eigenvalue weighted by Crippen LogP contribution is 2.37. The fourth-order valence-electron chi connectivity index (χ4n) is 3.83. The van der Waals surface area contributed by atoms with Crippen LogP contribution in [-0.4, -0.2) is 26.4 Å². The van der Waals surface area contributed by atoms with Crippen LogP contribution >= 0.6 is 23.1 Å². The van der Waals surface area contributed by atoms with Gasteiger partial charge in [0.25, 0.3) is 0 Å².